The summed E-state index contributed by atoms with van der Waals surface area (Å²) in [7, 11) is 1.66. The molecule has 0 aliphatic carbocycles. The van der Waals surface area contributed by atoms with E-state index in [2.05, 4.69) is 50.1 Å². The highest BCUT2D eigenvalue weighted by Crippen LogP contribution is 2.22. The Morgan fingerprint density at radius 2 is 1.80 bits per heavy atom. The third-order valence-electron chi connectivity index (χ3n) is 5.01. The predicted molar refractivity (Wildman–Crippen MR) is 121 cm³/mol. The summed E-state index contributed by atoms with van der Waals surface area (Å²) in [6.07, 6.45) is 6.52. The second-order valence-electron chi connectivity index (χ2n) is 7.12. The lowest BCUT2D eigenvalue weighted by atomic mass is 10.0. The van der Waals surface area contributed by atoms with Crippen LogP contribution in [0.4, 0.5) is 0 Å². The van der Waals surface area contributed by atoms with E-state index in [9.17, 15) is 0 Å². The number of hydrogen-bond donors (Lipinski definition) is 1. The van der Waals surface area contributed by atoms with E-state index >= 15 is 0 Å². The van der Waals surface area contributed by atoms with Crippen LogP contribution >= 0.6 is 11.3 Å². The van der Waals surface area contributed by atoms with Crippen LogP contribution in [0.3, 0.4) is 0 Å². The molecule has 5 nitrogen and oxygen atoms in total. The fourth-order valence-corrected chi connectivity index (χ4v) is 4.03. The first-order chi connectivity index (χ1) is 14.7. The zero-order chi connectivity index (χ0) is 20.8. The van der Waals surface area contributed by atoms with Crippen LogP contribution in [-0.4, -0.2) is 22.1 Å². The summed E-state index contributed by atoms with van der Waals surface area (Å²) in [4.78, 5) is 13.7. The number of hydrogen-bond acceptors (Lipinski definition) is 6. The van der Waals surface area contributed by atoms with E-state index in [1.807, 2.05) is 48.9 Å². The number of ether oxygens (including phenoxy) is 1. The normalized spacial score (nSPS) is 11.9. The highest BCUT2D eigenvalue weighted by molar-refractivity contribution is 7.07. The van der Waals surface area contributed by atoms with Gasteiger partial charge in [-0.2, -0.15) is 11.3 Å². The number of thiophene rings is 1. The highest BCUT2D eigenvalue weighted by Gasteiger charge is 2.16. The van der Waals surface area contributed by atoms with Gasteiger partial charge < -0.3 is 10.1 Å². The molecule has 30 heavy (non-hydrogen) atoms. The van der Waals surface area contributed by atoms with Crippen LogP contribution in [0.1, 0.15) is 28.4 Å². The Morgan fingerprint density at radius 3 is 2.47 bits per heavy atom. The van der Waals surface area contributed by atoms with Gasteiger partial charge in [-0.3, -0.25) is 4.98 Å². The molecule has 1 atom stereocenters. The fraction of sp³-hybridized carbons (Fsp3) is 0.208. The molecular weight excluding hydrogens is 392 g/mol. The summed E-state index contributed by atoms with van der Waals surface area (Å²) in [5.74, 6) is 1.53. The van der Waals surface area contributed by atoms with Gasteiger partial charge in [-0.15, -0.1) is 0 Å². The van der Waals surface area contributed by atoms with Crippen LogP contribution in [0.5, 0.6) is 5.75 Å². The summed E-state index contributed by atoms with van der Waals surface area (Å²) in [5, 5.41) is 7.96. The number of rotatable bonds is 8. The maximum atomic E-state index is 5.21. The topological polar surface area (TPSA) is 59.9 Å². The molecule has 3 aromatic heterocycles. The van der Waals surface area contributed by atoms with E-state index in [0.717, 1.165) is 29.0 Å². The van der Waals surface area contributed by atoms with Crippen molar-refractivity contribution in [1.29, 1.82) is 0 Å². The number of benzene rings is 1. The van der Waals surface area contributed by atoms with Crippen LogP contribution in [-0.2, 0) is 13.0 Å². The standard InChI is InChI=1S/C24H24N4OS/c1-17-4-3-10-25-23(17)22(12-18-9-11-30-16-18)26-13-19-14-27-24(28-15-19)20-5-7-21(29-2)8-6-20/h3-11,14-16,22,26H,12-13H2,1-2H3. The molecule has 1 unspecified atom stereocenters. The number of nitrogens with zero attached hydrogens (tertiary/aromatic N) is 3. The second kappa shape index (κ2) is 9.61. The Labute approximate surface area is 180 Å². The van der Waals surface area contributed by atoms with Gasteiger partial charge in [0.2, 0.25) is 0 Å². The molecule has 1 N–H and O–H groups in total. The molecule has 4 aromatic rings. The van der Waals surface area contributed by atoms with E-state index in [1.165, 1.54) is 11.1 Å². The number of nitrogens with one attached hydrogen (secondary N) is 1. The summed E-state index contributed by atoms with van der Waals surface area (Å²) >= 11 is 1.72. The van der Waals surface area contributed by atoms with Crippen molar-refractivity contribution in [2.75, 3.05) is 7.11 Å². The molecule has 0 saturated heterocycles. The van der Waals surface area contributed by atoms with Crippen LogP contribution in [0, 0.1) is 6.92 Å². The molecule has 0 radical (unpaired) electrons. The van der Waals surface area contributed by atoms with Gasteiger partial charge in [0.05, 0.1) is 18.8 Å². The van der Waals surface area contributed by atoms with Crippen molar-refractivity contribution in [1.82, 2.24) is 20.3 Å². The summed E-state index contributed by atoms with van der Waals surface area (Å²) in [6.45, 7) is 2.78. The van der Waals surface area contributed by atoms with E-state index in [0.29, 0.717) is 12.4 Å². The van der Waals surface area contributed by atoms with E-state index in [1.54, 1.807) is 18.4 Å². The van der Waals surface area contributed by atoms with Crippen LogP contribution in [0.15, 0.2) is 71.8 Å². The van der Waals surface area contributed by atoms with Crippen molar-refractivity contribution in [2.45, 2.75) is 25.9 Å². The Bertz CT molecular complexity index is 1060. The Kier molecular flexibility index (Phi) is 6.47. The van der Waals surface area contributed by atoms with Crippen molar-refractivity contribution in [3.05, 3.63) is 94.2 Å². The van der Waals surface area contributed by atoms with Crippen molar-refractivity contribution in [2.24, 2.45) is 0 Å². The average molecular weight is 417 g/mol. The first kappa shape index (κ1) is 20.2. The molecule has 152 valence electrons. The van der Waals surface area contributed by atoms with E-state index in [-0.39, 0.29) is 6.04 Å². The monoisotopic (exact) mass is 416 g/mol. The van der Waals surface area contributed by atoms with Crippen LogP contribution in [0.2, 0.25) is 0 Å². The molecule has 0 spiro atoms. The van der Waals surface area contributed by atoms with Crippen LogP contribution < -0.4 is 10.1 Å². The van der Waals surface area contributed by atoms with Gasteiger partial charge in [0.15, 0.2) is 5.82 Å². The third-order valence-corrected chi connectivity index (χ3v) is 5.74. The minimum atomic E-state index is 0.127. The Balaban J connectivity index is 1.47. The summed E-state index contributed by atoms with van der Waals surface area (Å²) < 4.78 is 5.21. The lowest BCUT2D eigenvalue weighted by Crippen LogP contribution is -2.24. The van der Waals surface area contributed by atoms with Gasteiger partial charge in [0, 0.05) is 36.3 Å². The maximum Gasteiger partial charge on any atom is 0.159 e. The zero-order valence-electron chi connectivity index (χ0n) is 17.1. The minimum Gasteiger partial charge on any atom is -0.497 e. The highest BCUT2D eigenvalue weighted by atomic mass is 32.1. The molecule has 1 aromatic carbocycles. The lowest BCUT2D eigenvalue weighted by Gasteiger charge is -2.19. The van der Waals surface area contributed by atoms with Crippen LogP contribution in [0.25, 0.3) is 11.4 Å². The lowest BCUT2D eigenvalue weighted by molar-refractivity contribution is 0.415. The van der Waals surface area contributed by atoms with Crippen molar-refractivity contribution < 1.29 is 4.74 Å². The Morgan fingerprint density at radius 1 is 1.00 bits per heavy atom. The van der Waals surface area contributed by atoms with E-state index in [4.69, 9.17) is 4.74 Å². The predicted octanol–water partition coefficient (Wildman–Crippen LogP) is 4.99. The van der Waals surface area contributed by atoms with Gasteiger partial charge in [-0.05, 0) is 71.6 Å². The molecule has 3 heterocycles. The largest absolute Gasteiger partial charge is 0.497 e. The molecule has 0 aliphatic rings. The summed E-state index contributed by atoms with van der Waals surface area (Å²) in [6, 6.07) is 14.1. The average Bonchev–Trinajstić information content (AvgIpc) is 3.31. The molecule has 0 aliphatic heterocycles. The van der Waals surface area contributed by atoms with Crippen molar-refractivity contribution in [3.63, 3.8) is 0 Å². The molecule has 0 saturated carbocycles. The van der Waals surface area contributed by atoms with Crippen molar-refractivity contribution in [3.8, 4) is 17.1 Å². The zero-order valence-corrected chi connectivity index (χ0v) is 17.9. The molecule has 4 rings (SSSR count). The van der Waals surface area contributed by atoms with Gasteiger partial charge in [-0.1, -0.05) is 6.07 Å². The first-order valence-corrected chi connectivity index (χ1v) is 10.8. The molecule has 0 amide bonds. The van der Waals surface area contributed by atoms with Gasteiger partial charge in [0.25, 0.3) is 0 Å². The number of pyridine rings is 1. The smallest absolute Gasteiger partial charge is 0.159 e. The van der Waals surface area contributed by atoms with Crippen molar-refractivity contribution >= 4 is 11.3 Å². The fourth-order valence-electron chi connectivity index (χ4n) is 3.35. The van der Waals surface area contributed by atoms with Gasteiger partial charge in [-0.25, -0.2) is 9.97 Å². The molecule has 0 fully saturated rings. The quantitative estimate of drug-likeness (QED) is 0.438. The molecule has 6 heteroatoms. The van der Waals surface area contributed by atoms with E-state index < -0.39 is 0 Å². The number of aryl methyl sites for hydroxylation is 1. The first-order valence-electron chi connectivity index (χ1n) is 9.84. The number of aromatic nitrogens is 3. The summed E-state index contributed by atoms with van der Waals surface area (Å²) in [5.41, 5.74) is 5.59. The molecule has 0 bridgehead atoms. The SMILES string of the molecule is COc1ccc(-c2ncc(CNC(Cc3ccsc3)c3ncccc3C)cn2)cc1. The number of methoxy groups -OCH3 is 1. The third kappa shape index (κ3) is 4.90. The van der Waals surface area contributed by atoms with Gasteiger partial charge >= 0.3 is 0 Å². The second-order valence-corrected chi connectivity index (χ2v) is 7.90. The van der Waals surface area contributed by atoms with Gasteiger partial charge in [0.1, 0.15) is 5.75 Å². The minimum absolute atomic E-state index is 0.127. The Hall–Kier alpha value is -3.09. The maximum absolute atomic E-state index is 5.21. The molecular formula is C24H24N4OS.